The minimum atomic E-state index is -0.467. The SMILES string of the molecule is CCOc1ccc(N(C)C(=O)CC(C)CN)cc1F. The van der Waals surface area contributed by atoms with Crippen molar-refractivity contribution in [3.05, 3.63) is 24.0 Å². The average molecular weight is 268 g/mol. The Labute approximate surface area is 113 Å². The molecule has 106 valence electrons. The van der Waals surface area contributed by atoms with Gasteiger partial charge in [0.2, 0.25) is 5.91 Å². The van der Waals surface area contributed by atoms with Crippen molar-refractivity contribution in [3.8, 4) is 5.75 Å². The quantitative estimate of drug-likeness (QED) is 0.860. The van der Waals surface area contributed by atoms with E-state index in [1.165, 1.54) is 17.0 Å². The first-order valence-electron chi connectivity index (χ1n) is 6.38. The summed E-state index contributed by atoms with van der Waals surface area (Å²) in [6.45, 7) is 4.55. The van der Waals surface area contributed by atoms with Gasteiger partial charge in [-0.25, -0.2) is 4.39 Å². The Bertz CT molecular complexity index is 437. The van der Waals surface area contributed by atoms with E-state index in [0.717, 1.165) is 0 Å². The predicted octanol–water partition coefficient (Wildman–Crippen LogP) is 2.17. The van der Waals surface area contributed by atoms with Gasteiger partial charge in [0.15, 0.2) is 11.6 Å². The molecule has 0 bridgehead atoms. The van der Waals surface area contributed by atoms with E-state index in [9.17, 15) is 9.18 Å². The molecule has 0 fully saturated rings. The van der Waals surface area contributed by atoms with Crippen LogP contribution in [0.4, 0.5) is 10.1 Å². The summed E-state index contributed by atoms with van der Waals surface area (Å²) in [6, 6.07) is 4.50. The van der Waals surface area contributed by atoms with E-state index in [1.807, 2.05) is 6.92 Å². The van der Waals surface area contributed by atoms with E-state index in [2.05, 4.69) is 0 Å². The molecule has 0 aliphatic heterocycles. The van der Waals surface area contributed by atoms with Crippen LogP contribution in [0.25, 0.3) is 0 Å². The van der Waals surface area contributed by atoms with Crippen LogP contribution in [0.1, 0.15) is 20.3 Å². The van der Waals surface area contributed by atoms with E-state index < -0.39 is 5.82 Å². The number of nitrogens with two attached hydrogens (primary N) is 1. The number of carbonyl (C=O) groups is 1. The number of ether oxygens (including phenoxy) is 1. The first-order valence-corrected chi connectivity index (χ1v) is 6.38. The highest BCUT2D eigenvalue weighted by Gasteiger charge is 2.15. The van der Waals surface area contributed by atoms with Crippen LogP contribution in [-0.2, 0) is 4.79 Å². The predicted molar refractivity (Wildman–Crippen MR) is 73.8 cm³/mol. The zero-order valence-corrected chi connectivity index (χ0v) is 11.6. The third kappa shape index (κ3) is 4.21. The highest BCUT2D eigenvalue weighted by Crippen LogP contribution is 2.23. The molecule has 0 heterocycles. The van der Waals surface area contributed by atoms with Gasteiger partial charge < -0.3 is 15.4 Å². The molecule has 0 saturated carbocycles. The third-order valence-electron chi connectivity index (χ3n) is 2.90. The van der Waals surface area contributed by atoms with Gasteiger partial charge in [0, 0.05) is 25.2 Å². The molecular formula is C14H21FN2O2. The highest BCUT2D eigenvalue weighted by molar-refractivity contribution is 5.92. The Morgan fingerprint density at radius 2 is 2.21 bits per heavy atom. The molecule has 19 heavy (non-hydrogen) atoms. The van der Waals surface area contributed by atoms with Gasteiger partial charge in [-0.1, -0.05) is 6.92 Å². The monoisotopic (exact) mass is 268 g/mol. The van der Waals surface area contributed by atoms with Crippen molar-refractivity contribution in [2.75, 3.05) is 25.1 Å². The van der Waals surface area contributed by atoms with Crippen LogP contribution in [0.3, 0.4) is 0 Å². The Morgan fingerprint density at radius 3 is 2.74 bits per heavy atom. The molecule has 1 atom stereocenters. The lowest BCUT2D eigenvalue weighted by Crippen LogP contribution is -2.29. The number of amides is 1. The molecule has 0 spiro atoms. The Hall–Kier alpha value is -1.62. The zero-order chi connectivity index (χ0) is 14.4. The maximum Gasteiger partial charge on any atom is 0.227 e. The normalized spacial score (nSPS) is 12.1. The first-order chi connectivity index (χ1) is 8.99. The zero-order valence-electron chi connectivity index (χ0n) is 11.6. The summed E-state index contributed by atoms with van der Waals surface area (Å²) < 4.78 is 18.8. The minimum absolute atomic E-state index is 0.0819. The molecule has 1 unspecified atom stereocenters. The van der Waals surface area contributed by atoms with Crippen LogP contribution < -0.4 is 15.4 Å². The summed E-state index contributed by atoms with van der Waals surface area (Å²) in [4.78, 5) is 13.4. The standard InChI is InChI=1S/C14H21FN2O2/c1-4-19-13-6-5-11(8-12(13)15)17(3)14(18)7-10(2)9-16/h5-6,8,10H,4,7,9,16H2,1-3H3. The Kier molecular flexibility index (Phi) is 5.76. The van der Waals surface area contributed by atoms with Crippen LogP contribution in [0.2, 0.25) is 0 Å². The first kappa shape index (κ1) is 15.4. The summed E-state index contributed by atoms with van der Waals surface area (Å²) >= 11 is 0. The average Bonchev–Trinajstić information content (AvgIpc) is 2.40. The molecule has 0 radical (unpaired) electrons. The number of halogens is 1. The fraction of sp³-hybridized carbons (Fsp3) is 0.500. The number of hydrogen-bond acceptors (Lipinski definition) is 3. The third-order valence-corrected chi connectivity index (χ3v) is 2.90. The van der Waals surface area contributed by atoms with Crippen molar-refractivity contribution in [3.63, 3.8) is 0 Å². The number of hydrogen-bond donors (Lipinski definition) is 1. The van der Waals surface area contributed by atoms with E-state index in [-0.39, 0.29) is 17.6 Å². The van der Waals surface area contributed by atoms with Gasteiger partial charge in [0.25, 0.3) is 0 Å². The molecule has 0 aliphatic carbocycles. The lowest BCUT2D eigenvalue weighted by atomic mass is 10.1. The molecule has 0 saturated heterocycles. The second-order valence-corrected chi connectivity index (χ2v) is 4.55. The largest absolute Gasteiger partial charge is 0.491 e. The number of rotatable bonds is 6. The van der Waals surface area contributed by atoms with Gasteiger partial charge in [-0.3, -0.25) is 4.79 Å². The molecule has 1 aromatic rings. The fourth-order valence-electron chi connectivity index (χ4n) is 1.63. The highest BCUT2D eigenvalue weighted by atomic mass is 19.1. The summed E-state index contributed by atoms with van der Waals surface area (Å²) in [5.41, 5.74) is 6.00. The van der Waals surface area contributed by atoms with E-state index in [0.29, 0.717) is 25.3 Å². The summed E-state index contributed by atoms with van der Waals surface area (Å²) in [7, 11) is 1.63. The molecule has 4 nitrogen and oxygen atoms in total. The van der Waals surface area contributed by atoms with Gasteiger partial charge in [0.1, 0.15) is 0 Å². The Balaban J connectivity index is 2.79. The summed E-state index contributed by atoms with van der Waals surface area (Å²) in [6.07, 6.45) is 0.349. The molecular weight excluding hydrogens is 247 g/mol. The second kappa shape index (κ2) is 7.09. The van der Waals surface area contributed by atoms with Crippen molar-refractivity contribution >= 4 is 11.6 Å². The number of benzene rings is 1. The van der Waals surface area contributed by atoms with E-state index >= 15 is 0 Å². The smallest absolute Gasteiger partial charge is 0.227 e. The van der Waals surface area contributed by atoms with Gasteiger partial charge in [-0.2, -0.15) is 0 Å². The van der Waals surface area contributed by atoms with Gasteiger partial charge >= 0.3 is 0 Å². The van der Waals surface area contributed by atoms with Crippen LogP contribution in [0.15, 0.2) is 18.2 Å². The van der Waals surface area contributed by atoms with Gasteiger partial charge in [-0.15, -0.1) is 0 Å². The second-order valence-electron chi connectivity index (χ2n) is 4.55. The lowest BCUT2D eigenvalue weighted by Gasteiger charge is -2.19. The molecule has 1 rings (SSSR count). The summed E-state index contributed by atoms with van der Waals surface area (Å²) in [5.74, 6) is -0.239. The van der Waals surface area contributed by atoms with E-state index in [1.54, 1.807) is 20.0 Å². The minimum Gasteiger partial charge on any atom is -0.491 e. The maximum atomic E-state index is 13.7. The molecule has 0 aromatic heterocycles. The maximum absolute atomic E-state index is 13.7. The molecule has 1 amide bonds. The Morgan fingerprint density at radius 1 is 1.53 bits per heavy atom. The number of carbonyl (C=O) groups excluding carboxylic acids is 1. The van der Waals surface area contributed by atoms with Crippen LogP contribution >= 0.6 is 0 Å². The lowest BCUT2D eigenvalue weighted by molar-refractivity contribution is -0.119. The van der Waals surface area contributed by atoms with Gasteiger partial charge in [0.05, 0.1) is 6.61 Å². The van der Waals surface area contributed by atoms with Crippen molar-refractivity contribution in [2.45, 2.75) is 20.3 Å². The van der Waals surface area contributed by atoms with Crippen molar-refractivity contribution in [2.24, 2.45) is 11.7 Å². The van der Waals surface area contributed by atoms with Crippen LogP contribution in [0.5, 0.6) is 5.75 Å². The molecule has 2 N–H and O–H groups in total. The van der Waals surface area contributed by atoms with Crippen LogP contribution in [-0.4, -0.2) is 26.1 Å². The molecule has 1 aromatic carbocycles. The molecule has 0 aliphatic rings. The van der Waals surface area contributed by atoms with Crippen LogP contribution in [0, 0.1) is 11.7 Å². The topological polar surface area (TPSA) is 55.6 Å². The van der Waals surface area contributed by atoms with E-state index in [4.69, 9.17) is 10.5 Å². The van der Waals surface area contributed by atoms with Crippen molar-refractivity contribution < 1.29 is 13.9 Å². The van der Waals surface area contributed by atoms with Crippen molar-refractivity contribution in [1.82, 2.24) is 0 Å². The van der Waals surface area contributed by atoms with Crippen molar-refractivity contribution in [1.29, 1.82) is 0 Å². The van der Waals surface area contributed by atoms with Gasteiger partial charge in [-0.05, 0) is 31.5 Å². The molecule has 5 heteroatoms. The summed E-state index contributed by atoms with van der Waals surface area (Å²) in [5, 5.41) is 0. The fourth-order valence-corrected chi connectivity index (χ4v) is 1.63. The number of anilines is 1. The number of nitrogens with zero attached hydrogens (tertiary/aromatic N) is 1.